The molecule has 0 saturated carbocycles. The smallest absolute Gasteiger partial charge is 0.224 e. The summed E-state index contributed by atoms with van der Waals surface area (Å²) in [5.74, 6) is 1.30. The highest BCUT2D eigenvalue weighted by molar-refractivity contribution is 5.91. The van der Waals surface area contributed by atoms with Gasteiger partial charge in [-0.05, 0) is 24.1 Å². The zero-order valence-corrected chi connectivity index (χ0v) is 14.5. The van der Waals surface area contributed by atoms with Gasteiger partial charge in [0.15, 0.2) is 11.5 Å². The summed E-state index contributed by atoms with van der Waals surface area (Å²) in [6.07, 6.45) is 0.907. The zero-order chi connectivity index (χ0) is 18.2. The van der Waals surface area contributed by atoms with Crippen molar-refractivity contribution in [2.75, 3.05) is 26.6 Å². The lowest BCUT2D eigenvalue weighted by Crippen LogP contribution is -2.12. The normalized spacial score (nSPS) is 9.84. The van der Waals surface area contributed by atoms with Crippen LogP contribution in [-0.2, 0) is 11.2 Å². The molecule has 0 aliphatic heterocycles. The molecule has 0 aromatic heterocycles. The van der Waals surface area contributed by atoms with Crippen molar-refractivity contribution in [3.05, 3.63) is 47.5 Å². The molecule has 0 radical (unpaired) electrons. The fraction of sp³-hybridized carbons (Fsp3) is 0.263. The lowest BCUT2D eigenvalue weighted by Gasteiger charge is -2.14. The first-order chi connectivity index (χ1) is 12.1. The summed E-state index contributed by atoms with van der Waals surface area (Å²) in [7, 11) is 4.57. The number of ether oxygens (including phenoxy) is 3. The predicted molar refractivity (Wildman–Crippen MR) is 94.2 cm³/mol. The van der Waals surface area contributed by atoms with Crippen LogP contribution in [0.15, 0.2) is 36.4 Å². The highest BCUT2D eigenvalue weighted by atomic mass is 16.5. The Hall–Kier alpha value is -3.20. The van der Waals surface area contributed by atoms with Crippen LogP contribution in [0.4, 0.5) is 5.69 Å². The van der Waals surface area contributed by atoms with E-state index in [2.05, 4.69) is 11.4 Å². The summed E-state index contributed by atoms with van der Waals surface area (Å²) in [6, 6.07) is 12.6. The minimum atomic E-state index is -0.126. The Kier molecular flexibility index (Phi) is 6.24. The van der Waals surface area contributed by atoms with Gasteiger partial charge in [-0.15, -0.1) is 0 Å². The molecule has 1 N–H and O–H groups in total. The fourth-order valence-electron chi connectivity index (χ4n) is 2.38. The van der Waals surface area contributed by atoms with E-state index in [4.69, 9.17) is 19.5 Å². The summed E-state index contributed by atoms with van der Waals surface area (Å²) in [5.41, 5.74) is 2.17. The van der Waals surface area contributed by atoms with Gasteiger partial charge in [0.05, 0.1) is 33.0 Å². The third kappa shape index (κ3) is 4.64. The molecule has 6 nitrogen and oxygen atoms in total. The number of methoxy groups -OCH3 is 3. The SMILES string of the molecule is COc1cc(NC(=O)CCc2ccc(C#N)cc2)cc(OC)c1OC. The van der Waals surface area contributed by atoms with E-state index in [9.17, 15) is 4.79 Å². The summed E-state index contributed by atoms with van der Waals surface area (Å²) in [4.78, 5) is 12.2. The molecule has 0 aliphatic rings. The minimum Gasteiger partial charge on any atom is -0.493 e. The number of carbonyl (C=O) groups excluding carboxylic acids is 1. The Balaban J connectivity index is 2.03. The van der Waals surface area contributed by atoms with Crippen LogP contribution in [0.25, 0.3) is 0 Å². The van der Waals surface area contributed by atoms with Crippen molar-refractivity contribution in [2.24, 2.45) is 0 Å². The quantitative estimate of drug-likeness (QED) is 0.837. The van der Waals surface area contributed by atoms with E-state index in [0.29, 0.717) is 41.3 Å². The molecule has 0 fully saturated rings. The molecular weight excluding hydrogens is 320 g/mol. The minimum absolute atomic E-state index is 0.126. The summed E-state index contributed by atoms with van der Waals surface area (Å²) >= 11 is 0. The van der Waals surface area contributed by atoms with E-state index in [1.165, 1.54) is 21.3 Å². The largest absolute Gasteiger partial charge is 0.493 e. The van der Waals surface area contributed by atoms with Gasteiger partial charge in [-0.3, -0.25) is 4.79 Å². The lowest BCUT2D eigenvalue weighted by atomic mass is 10.1. The van der Waals surface area contributed by atoms with Crippen molar-refractivity contribution < 1.29 is 19.0 Å². The van der Waals surface area contributed by atoms with Gasteiger partial charge >= 0.3 is 0 Å². The molecule has 25 heavy (non-hydrogen) atoms. The second kappa shape index (κ2) is 8.60. The van der Waals surface area contributed by atoms with Crippen molar-refractivity contribution in [3.63, 3.8) is 0 Å². The van der Waals surface area contributed by atoms with Crippen LogP contribution in [-0.4, -0.2) is 27.2 Å². The highest BCUT2D eigenvalue weighted by Crippen LogP contribution is 2.39. The highest BCUT2D eigenvalue weighted by Gasteiger charge is 2.14. The third-order valence-corrected chi connectivity index (χ3v) is 3.67. The number of nitrogens with one attached hydrogen (secondary N) is 1. The molecule has 0 bridgehead atoms. The van der Waals surface area contributed by atoms with Crippen LogP contribution in [0.3, 0.4) is 0 Å². The first-order valence-electron chi connectivity index (χ1n) is 7.70. The number of amides is 1. The average Bonchev–Trinajstić information content (AvgIpc) is 2.65. The maximum atomic E-state index is 12.2. The lowest BCUT2D eigenvalue weighted by molar-refractivity contribution is -0.116. The van der Waals surface area contributed by atoms with E-state index >= 15 is 0 Å². The molecule has 6 heteroatoms. The Bertz CT molecular complexity index is 754. The molecule has 130 valence electrons. The maximum Gasteiger partial charge on any atom is 0.224 e. The molecule has 0 saturated heterocycles. The summed E-state index contributed by atoms with van der Waals surface area (Å²) in [5, 5.41) is 11.6. The van der Waals surface area contributed by atoms with Crippen LogP contribution < -0.4 is 19.5 Å². The van der Waals surface area contributed by atoms with Crippen LogP contribution in [0.2, 0.25) is 0 Å². The number of nitriles is 1. The first kappa shape index (κ1) is 18.1. The van der Waals surface area contributed by atoms with Crippen LogP contribution in [0.5, 0.6) is 17.2 Å². The Morgan fingerprint density at radius 1 is 1.04 bits per heavy atom. The molecular formula is C19H20N2O4. The van der Waals surface area contributed by atoms with Crippen LogP contribution in [0.1, 0.15) is 17.5 Å². The van der Waals surface area contributed by atoms with Crippen molar-refractivity contribution in [1.82, 2.24) is 0 Å². The van der Waals surface area contributed by atoms with Gasteiger partial charge in [0.2, 0.25) is 11.7 Å². The van der Waals surface area contributed by atoms with Crippen molar-refractivity contribution in [2.45, 2.75) is 12.8 Å². The number of carbonyl (C=O) groups is 1. The summed E-state index contributed by atoms with van der Waals surface area (Å²) < 4.78 is 15.8. The van der Waals surface area contributed by atoms with Crippen molar-refractivity contribution >= 4 is 11.6 Å². The van der Waals surface area contributed by atoms with Gasteiger partial charge in [0.1, 0.15) is 0 Å². The maximum absolute atomic E-state index is 12.2. The standard InChI is InChI=1S/C19H20N2O4/c1-23-16-10-15(11-17(24-2)19(16)25-3)21-18(22)9-8-13-4-6-14(12-20)7-5-13/h4-7,10-11H,8-9H2,1-3H3,(H,21,22). The number of benzene rings is 2. The Labute approximate surface area is 146 Å². The topological polar surface area (TPSA) is 80.6 Å². The first-order valence-corrected chi connectivity index (χ1v) is 7.70. The van der Waals surface area contributed by atoms with E-state index < -0.39 is 0 Å². The van der Waals surface area contributed by atoms with Crippen LogP contribution in [0, 0.1) is 11.3 Å². The van der Waals surface area contributed by atoms with Gasteiger partial charge in [-0.1, -0.05) is 12.1 Å². The number of rotatable bonds is 7. The average molecular weight is 340 g/mol. The van der Waals surface area contributed by atoms with E-state index in [0.717, 1.165) is 5.56 Å². The number of hydrogen-bond donors (Lipinski definition) is 1. The second-order valence-corrected chi connectivity index (χ2v) is 5.27. The van der Waals surface area contributed by atoms with E-state index in [1.807, 2.05) is 12.1 Å². The fourth-order valence-corrected chi connectivity index (χ4v) is 2.38. The van der Waals surface area contributed by atoms with Gasteiger partial charge < -0.3 is 19.5 Å². The molecule has 1 amide bonds. The molecule has 0 spiro atoms. The molecule has 0 atom stereocenters. The molecule has 0 aliphatic carbocycles. The molecule has 2 rings (SSSR count). The van der Waals surface area contributed by atoms with E-state index in [1.54, 1.807) is 24.3 Å². The third-order valence-electron chi connectivity index (χ3n) is 3.67. The molecule has 0 heterocycles. The number of hydrogen-bond acceptors (Lipinski definition) is 5. The number of nitrogens with zero attached hydrogens (tertiary/aromatic N) is 1. The van der Waals surface area contributed by atoms with Gasteiger partial charge in [-0.25, -0.2) is 0 Å². The van der Waals surface area contributed by atoms with Gasteiger partial charge in [0.25, 0.3) is 0 Å². The molecule has 0 unspecified atom stereocenters. The zero-order valence-electron chi connectivity index (χ0n) is 14.5. The van der Waals surface area contributed by atoms with Crippen molar-refractivity contribution in [1.29, 1.82) is 5.26 Å². The van der Waals surface area contributed by atoms with Gasteiger partial charge in [-0.2, -0.15) is 5.26 Å². The predicted octanol–water partition coefficient (Wildman–Crippen LogP) is 3.16. The summed E-state index contributed by atoms with van der Waals surface area (Å²) in [6.45, 7) is 0. The Morgan fingerprint density at radius 3 is 2.12 bits per heavy atom. The second-order valence-electron chi connectivity index (χ2n) is 5.27. The Morgan fingerprint density at radius 2 is 1.64 bits per heavy atom. The van der Waals surface area contributed by atoms with Gasteiger partial charge in [0, 0.05) is 24.2 Å². The van der Waals surface area contributed by atoms with E-state index in [-0.39, 0.29) is 5.91 Å². The number of aryl methyl sites for hydroxylation is 1. The molecule has 2 aromatic carbocycles. The number of anilines is 1. The molecule has 2 aromatic rings. The van der Waals surface area contributed by atoms with Crippen molar-refractivity contribution in [3.8, 4) is 23.3 Å². The monoisotopic (exact) mass is 340 g/mol. The van der Waals surface area contributed by atoms with Crippen LogP contribution >= 0.6 is 0 Å².